The number of amides is 2. The van der Waals surface area contributed by atoms with Gasteiger partial charge in [-0.05, 0) is 43.0 Å². The highest BCUT2D eigenvalue weighted by molar-refractivity contribution is 6.00. The molecule has 0 bridgehead atoms. The third-order valence-corrected chi connectivity index (χ3v) is 4.86. The Kier molecular flexibility index (Phi) is 4.96. The van der Waals surface area contributed by atoms with Crippen molar-refractivity contribution in [3.63, 3.8) is 0 Å². The number of nitrogens with zero attached hydrogens (tertiary/aromatic N) is 3. The van der Waals surface area contributed by atoms with Gasteiger partial charge >= 0.3 is 0 Å². The highest BCUT2D eigenvalue weighted by atomic mass is 19.1. The van der Waals surface area contributed by atoms with E-state index in [-0.39, 0.29) is 24.4 Å². The first kappa shape index (κ1) is 19.0. The van der Waals surface area contributed by atoms with Crippen molar-refractivity contribution in [3.05, 3.63) is 59.0 Å². The molecule has 0 saturated heterocycles. The van der Waals surface area contributed by atoms with Crippen molar-refractivity contribution in [3.8, 4) is 0 Å². The van der Waals surface area contributed by atoms with Crippen LogP contribution in [0.3, 0.4) is 0 Å². The van der Waals surface area contributed by atoms with E-state index in [1.54, 1.807) is 10.6 Å². The van der Waals surface area contributed by atoms with Gasteiger partial charge in [0.15, 0.2) is 5.65 Å². The van der Waals surface area contributed by atoms with Gasteiger partial charge < -0.3 is 10.6 Å². The second kappa shape index (κ2) is 7.57. The van der Waals surface area contributed by atoms with E-state index in [9.17, 15) is 18.4 Å². The maximum atomic E-state index is 14.0. The maximum Gasteiger partial charge on any atom is 0.291 e. The Labute approximate surface area is 165 Å². The van der Waals surface area contributed by atoms with Crippen molar-refractivity contribution in [2.75, 3.05) is 5.32 Å². The summed E-state index contributed by atoms with van der Waals surface area (Å²) in [6, 6.07) is 6.49. The molecule has 0 aliphatic carbocycles. The second-order valence-corrected chi connectivity index (χ2v) is 6.95. The summed E-state index contributed by atoms with van der Waals surface area (Å²) in [5.74, 6) is -2.78. The monoisotopic (exact) mass is 399 g/mol. The van der Waals surface area contributed by atoms with E-state index in [2.05, 4.69) is 20.7 Å². The molecule has 1 unspecified atom stereocenters. The maximum absolute atomic E-state index is 14.0. The van der Waals surface area contributed by atoms with Crippen LogP contribution in [0, 0.1) is 11.6 Å². The van der Waals surface area contributed by atoms with Crippen LogP contribution in [-0.2, 0) is 17.6 Å². The molecule has 2 amide bonds. The van der Waals surface area contributed by atoms with Gasteiger partial charge in [0.25, 0.3) is 5.91 Å². The summed E-state index contributed by atoms with van der Waals surface area (Å²) in [5.41, 5.74) is 1.76. The molecule has 2 N–H and O–H groups in total. The number of halogens is 2. The molecule has 29 heavy (non-hydrogen) atoms. The summed E-state index contributed by atoms with van der Waals surface area (Å²) in [6.45, 7) is 2.04. The first-order valence-electron chi connectivity index (χ1n) is 9.40. The van der Waals surface area contributed by atoms with Crippen molar-refractivity contribution in [2.45, 2.75) is 38.6 Å². The van der Waals surface area contributed by atoms with Gasteiger partial charge in [-0.25, -0.2) is 18.3 Å². The van der Waals surface area contributed by atoms with Gasteiger partial charge in [0, 0.05) is 11.8 Å². The normalized spacial score (nSPS) is 16.2. The number of carbonyl (C=O) groups excluding carboxylic acids is 2. The lowest BCUT2D eigenvalue weighted by Crippen LogP contribution is -2.43. The predicted molar refractivity (Wildman–Crippen MR) is 102 cm³/mol. The Hall–Kier alpha value is -3.36. The first-order valence-corrected chi connectivity index (χ1v) is 9.40. The molecular formula is C20H19F2N5O2. The lowest BCUT2D eigenvalue weighted by molar-refractivity contribution is -0.118. The summed E-state index contributed by atoms with van der Waals surface area (Å²) < 4.78 is 29.1. The quantitative estimate of drug-likeness (QED) is 0.706. The molecule has 1 aliphatic rings. The highest BCUT2D eigenvalue weighted by Gasteiger charge is 2.28. The van der Waals surface area contributed by atoms with Gasteiger partial charge in [-0.15, -0.1) is 5.10 Å². The Balaban J connectivity index is 1.54. The Bertz CT molecular complexity index is 1110. The molecule has 2 aromatic heterocycles. The molecule has 150 valence electrons. The largest absolute Gasteiger partial charge is 0.337 e. The molecule has 3 heterocycles. The van der Waals surface area contributed by atoms with Crippen LogP contribution in [0.5, 0.6) is 0 Å². The molecule has 3 aromatic rings. The summed E-state index contributed by atoms with van der Waals surface area (Å²) in [7, 11) is 0. The minimum atomic E-state index is -0.918. The van der Waals surface area contributed by atoms with Crippen LogP contribution in [-0.4, -0.2) is 32.5 Å². The van der Waals surface area contributed by atoms with Crippen LogP contribution >= 0.6 is 0 Å². The van der Waals surface area contributed by atoms with Gasteiger partial charge in [0.2, 0.25) is 11.7 Å². The zero-order chi connectivity index (χ0) is 20.5. The molecule has 9 heteroatoms. The van der Waals surface area contributed by atoms with E-state index in [0.29, 0.717) is 17.3 Å². The number of anilines is 1. The molecule has 0 radical (unpaired) electrons. The lowest BCUT2D eigenvalue weighted by atomic mass is 10.1. The molecule has 4 rings (SSSR count). The number of fused-ring (bicyclic) bond motifs is 2. The van der Waals surface area contributed by atoms with Gasteiger partial charge in [-0.3, -0.25) is 9.59 Å². The minimum absolute atomic E-state index is 0.0526. The molecule has 1 atom stereocenters. The van der Waals surface area contributed by atoms with Gasteiger partial charge in [0.1, 0.15) is 17.7 Å². The number of hydrogen-bond acceptors (Lipinski definition) is 4. The number of aromatic nitrogens is 3. The van der Waals surface area contributed by atoms with Crippen LogP contribution in [0.4, 0.5) is 14.5 Å². The Morgan fingerprint density at radius 2 is 2.17 bits per heavy atom. The minimum Gasteiger partial charge on any atom is -0.337 e. The third-order valence-electron chi connectivity index (χ3n) is 4.86. The summed E-state index contributed by atoms with van der Waals surface area (Å²) in [6.07, 6.45) is 2.13. The van der Waals surface area contributed by atoms with Gasteiger partial charge in [-0.2, -0.15) is 0 Å². The Morgan fingerprint density at radius 1 is 1.34 bits per heavy atom. The SMILES string of the molecule is CCCc1cccc2nc(C(=O)NC3CCc4cc(F)cc(F)c4NC3=O)nn12. The molecular weight excluding hydrogens is 380 g/mol. The number of benzene rings is 1. The van der Waals surface area contributed by atoms with Crippen LogP contribution in [0.15, 0.2) is 30.3 Å². The molecule has 0 fully saturated rings. The number of hydrogen-bond donors (Lipinski definition) is 2. The van der Waals surface area contributed by atoms with Crippen molar-refractivity contribution in [1.29, 1.82) is 0 Å². The molecule has 1 aliphatic heterocycles. The van der Waals surface area contributed by atoms with Gasteiger partial charge in [-0.1, -0.05) is 19.4 Å². The van der Waals surface area contributed by atoms with Gasteiger partial charge in [0.05, 0.1) is 5.69 Å². The lowest BCUT2D eigenvalue weighted by Gasteiger charge is -2.14. The van der Waals surface area contributed by atoms with E-state index < -0.39 is 29.5 Å². The van der Waals surface area contributed by atoms with Crippen molar-refractivity contribution in [1.82, 2.24) is 19.9 Å². The van der Waals surface area contributed by atoms with E-state index >= 15 is 0 Å². The standard InChI is InChI=1S/C20H19F2N5O2/c1-2-4-13-5-3-6-16-24-18(26-27(13)16)20(29)23-15-8-7-11-9-12(21)10-14(22)17(11)25-19(15)28/h3,5-6,9-10,15H,2,4,7-8H2,1H3,(H,23,29)(H,25,28). The highest BCUT2D eigenvalue weighted by Crippen LogP contribution is 2.26. The number of pyridine rings is 1. The van der Waals surface area contributed by atoms with Crippen LogP contribution in [0.1, 0.15) is 41.6 Å². The van der Waals surface area contributed by atoms with Crippen molar-refractivity contribution < 1.29 is 18.4 Å². The van der Waals surface area contributed by atoms with E-state index in [1.807, 2.05) is 19.1 Å². The van der Waals surface area contributed by atoms with Crippen molar-refractivity contribution >= 4 is 23.1 Å². The van der Waals surface area contributed by atoms with Crippen LogP contribution < -0.4 is 10.6 Å². The number of aryl methyl sites for hydroxylation is 2. The molecule has 1 aromatic carbocycles. The van der Waals surface area contributed by atoms with Crippen molar-refractivity contribution in [2.24, 2.45) is 0 Å². The summed E-state index contributed by atoms with van der Waals surface area (Å²) in [4.78, 5) is 29.3. The fraction of sp³-hybridized carbons (Fsp3) is 0.300. The molecule has 0 spiro atoms. The summed E-state index contributed by atoms with van der Waals surface area (Å²) in [5, 5.41) is 9.30. The first-order chi connectivity index (χ1) is 14.0. The average molecular weight is 399 g/mol. The Morgan fingerprint density at radius 3 is 2.97 bits per heavy atom. The second-order valence-electron chi connectivity index (χ2n) is 6.95. The topological polar surface area (TPSA) is 88.4 Å². The number of carbonyl (C=O) groups is 2. The van der Waals surface area contributed by atoms with E-state index in [4.69, 9.17) is 0 Å². The zero-order valence-electron chi connectivity index (χ0n) is 15.7. The van der Waals surface area contributed by atoms with Crippen LogP contribution in [0.25, 0.3) is 5.65 Å². The smallest absolute Gasteiger partial charge is 0.291 e. The number of nitrogens with one attached hydrogen (secondary N) is 2. The molecule has 0 saturated carbocycles. The predicted octanol–water partition coefficient (Wildman–Crippen LogP) is 2.64. The molecule has 7 nitrogen and oxygen atoms in total. The van der Waals surface area contributed by atoms with E-state index in [1.165, 1.54) is 6.07 Å². The zero-order valence-corrected chi connectivity index (χ0v) is 15.7. The third kappa shape index (κ3) is 3.67. The number of rotatable bonds is 4. The summed E-state index contributed by atoms with van der Waals surface area (Å²) >= 11 is 0. The average Bonchev–Trinajstić information content (AvgIpc) is 3.06. The fourth-order valence-electron chi connectivity index (χ4n) is 3.47. The van der Waals surface area contributed by atoms with E-state index in [0.717, 1.165) is 18.5 Å². The van der Waals surface area contributed by atoms with Crippen LogP contribution in [0.2, 0.25) is 0 Å². The fourth-order valence-corrected chi connectivity index (χ4v) is 3.47.